The van der Waals surface area contributed by atoms with E-state index in [1.54, 1.807) is 0 Å². The molecule has 0 saturated carbocycles. The van der Waals surface area contributed by atoms with Crippen molar-refractivity contribution in [3.8, 4) is 0 Å². The first kappa shape index (κ1) is 29.5. The van der Waals surface area contributed by atoms with Gasteiger partial charge in [0, 0.05) is 16.8 Å². The molecule has 0 aliphatic carbocycles. The van der Waals surface area contributed by atoms with E-state index >= 15 is 0 Å². The number of carboxylic acids is 2. The molecule has 0 aliphatic rings. The van der Waals surface area contributed by atoms with Crippen LogP contribution in [-0.4, -0.2) is 28.7 Å². The zero-order chi connectivity index (χ0) is 7.86. The minimum absolute atomic E-state index is 0. The standard InChI is InChI=1S/C2H4NO2.C2H3O2.BrH.Co.Mn/c3-1-2(4)5;1-2(3)4;;;/h3H,1H2,(H,4,5);1H2,(H,3,4);1H;;/q2*-1;;;+2. The largest absolute Gasteiger partial charge is 2.00 e. The number of rotatable bonds is 1. The topological polar surface area (TPSA) is 98.4 Å². The maximum Gasteiger partial charge on any atom is 2.00 e. The quantitative estimate of drug-likeness (QED) is 0.544. The Bertz CT molecular complexity index is 111. The number of hydrogen-bond acceptors (Lipinski definition) is 2. The molecule has 0 unspecified atom stereocenters. The van der Waals surface area contributed by atoms with Gasteiger partial charge in [0.15, 0.2) is 5.97 Å². The fourth-order valence-electron chi connectivity index (χ4n) is 0. The third-order valence-electron chi connectivity index (χ3n) is 0.151. The van der Waals surface area contributed by atoms with Gasteiger partial charge in [-0.1, -0.05) is 6.54 Å². The first-order chi connectivity index (χ1) is 4.00. The predicted molar refractivity (Wildman–Crippen MR) is 40.1 cm³/mol. The van der Waals surface area contributed by atoms with Crippen molar-refractivity contribution in [2.45, 2.75) is 0 Å². The second-order valence-corrected chi connectivity index (χ2v) is 0.964. The summed E-state index contributed by atoms with van der Waals surface area (Å²) in [6, 6.07) is 0. The molecule has 0 fully saturated rings. The molecule has 0 heterocycles. The summed E-state index contributed by atoms with van der Waals surface area (Å²) in [5, 5.41) is 14.8. The summed E-state index contributed by atoms with van der Waals surface area (Å²) < 4.78 is 0. The van der Waals surface area contributed by atoms with Crippen molar-refractivity contribution in [1.82, 2.24) is 0 Å². The van der Waals surface area contributed by atoms with E-state index in [1.165, 1.54) is 0 Å². The smallest absolute Gasteiger partial charge is 0.668 e. The van der Waals surface area contributed by atoms with E-state index in [4.69, 9.17) is 20.7 Å². The van der Waals surface area contributed by atoms with Gasteiger partial charge in [-0.3, -0.25) is 16.5 Å². The minimum Gasteiger partial charge on any atom is -0.668 e. The van der Waals surface area contributed by atoms with Crippen molar-refractivity contribution in [2.75, 3.05) is 6.54 Å². The van der Waals surface area contributed by atoms with Gasteiger partial charge in [-0.15, -0.1) is 17.0 Å². The second-order valence-electron chi connectivity index (χ2n) is 0.964. The maximum absolute atomic E-state index is 9.18. The van der Waals surface area contributed by atoms with E-state index < -0.39 is 18.5 Å². The van der Waals surface area contributed by atoms with Crippen molar-refractivity contribution in [1.29, 1.82) is 0 Å². The normalized spacial score (nSPS) is 5.08. The summed E-state index contributed by atoms with van der Waals surface area (Å²) in [5.41, 5.74) is 6.06. The summed E-state index contributed by atoms with van der Waals surface area (Å²) in [4.78, 5) is 18.1. The van der Waals surface area contributed by atoms with E-state index in [9.17, 15) is 4.79 Å². The van der Waals surface area contributed by atoms with Crippen molar-refractivity contribution in [2.24, 2.45) is 0 Å². The molecule has 0 amide bonds. The Kier molecular flexibility index (Phi) is 55.3. The van der Waals surface area contributed by atoms with Gasteiger partial charge in [0.2, 0.25) is 0 Å². The van der Waals surface area contributed by atoms with Gasteiger partial charge in [0.05, 0.1) is 0 Å². The zero-order valence-corrected chi connectivity index (χ0v) is 9.68. The van der Waals surface area contributed by atoms with Crippen LogP contribution in [0.2, 0.25) is 0 Å². The number of carboxylic acid groups (broad SMARTS) is 2. The number of aliphatic carboxylic acids is 2. The molecule has 3 N–H and O–H groups in total. The van der Waals surface area contributed by atoms with Crippen LogP contribution in [0.1, 0.15) is 0 Å². The van der Waals surface area contributed by atoms with E-state index in [-0.39, 0.29) is 50.8 Å². The molecular weight excluding hydrogens is 320 g/mol. The number of carbonyl (C=O) groups is 2. The molecule has 0 aromatic heterocycles. The predicted octanol–water partition coefficient (Wildman–Crippen LogP) is 0.601. The van der Waals surface area contributed by atoms with Crippen LogP contribution in [0.15, 0.2) is 0 Å². The molecule has 8 heteroatoms. The molecule has 0 bridgehead atoms. The van der Waals surface area contributed by atoms with Crippen molar-refractivity contribution < 1.29 is 53.6 Å². The van der Waals surface area contributed by atoms with Crippen LogP contribution in [0, 0.1) is 6.92 Å². The molecule has 0 aromatic carbocycles. The van der Waals surface area contributed by atoms with E-state index in [0.29, 0.717) is 0 Å². The van der Waals surface area contributed by atoms with Crippen LogP contribution in [0.3, 0.4) is 0 Å². The van der Waals surface area contributed by atoms with Gasteiger partial charge < -0.3 is 15.9 Å². The summed E-state index contributed by atoms with van der Waals surface area (Å²) in [6.07, 6.45) is 0. The number of halogens is 1. The Morgan fingerprint density at radius 3 is 1.42 bits per heavy atom. The first-order valence-corrected chi connectivity index (χ1v) is 1.92. The van der Waals surface area contributed by atoms with Crippen molar-refractivity contribution in [3.63, 3.8) is 0 Å². The molecule has 0 atom stereocenters. The van der Waals surface area contributed by atoms with E-state index in [2.05, 4.69) is 6.92 Å². The van der Waals surface area contributed by atoms with Crippen molar-refractivity contribution >= 4 is 28.9 Å². The molecule has 2 radical (unpaired) electrons. The van der Waals surface area contributed by atoms with Crippen LogP contribution in [0.5, 0.6) is 0 Å². The molecule has 76 valence electrons. The Hall–Kier alpha value is 0.276. The van der Waals surface area contributed by atoms with Crippen molar-refractivity contribution in [3.05, 3.63) is 12.7 Å². The fourth-order valence-corrected chi connectivity index (χ4v) is 0. The van der Waals surface area contributed by atoms with Gasteiger partial charge in [-0.25, -0.2) is 0 Å². The molecule has 0 saturated heterocycles. The van der Waals surface area contributed by atoms with Gasteiger partial charge in [-0.05, 0) is 0 Å². The van der Waals surface area contributed by atoms with Crippen LogP contribution in [0.25, 0.3) is 5.73 Å². The average molecular weight is 328 g/mol. The third kappa shape index (κ3) is 171. The summed E-state index contributed by atoms with van der Waals surface area (Å²) in [7, 11) is 0. The summed E-state index contributed by atoms with van der Waals surface area (Å²) >= 11 is 0. The number of nitrogens with one attached hydrogen (secondary N) is 1. The molecule has 0 spiro atoms. The Balaban J connectivity index is -0.0000000221. The SMILES string of the molecule is Br.[CH2-]C(=O)O.[Co].[Mn+2].[NH-]CC(=O)O. The summed E-state index contributed by atoms with van der Waals surface area (Å²) in [6.45, 7) is 2.03. The average Bonchev–Trinajstić information content (AvgIpc) is 1.65. The number of hydrogen-bond donors (Lipinski definition) is 2. The molecule has 5 nitrogen and oxygen atoms in total. The Labute approximate surface area is 102 Å². The second kappa shape index (κ2) is 22.5. The van der Waals surface area contributed by atoms with Crippen LogP contribution in [-0.2, 0) is 43.4 Å². The molecule has 0 aliphatic heterocycles. The maximum atomic E-state index is 9.18. The molecule has 12 heavy (non-hydrogen) atoms. The van der Waals surface area contributed by atoms with E-state index in [1.807, 2.05) is 0 Å². The third-order valence-corrected chi connectivity index (χ3v) is 0.151. The van der Waals surface area contributed by atoms with E-state index in [0.717, 1.165) is 0 Å². The minimum atomic E-state index is -1.08. The molecule has 0 rings (SSSR count). The molecule has 0 aromatic rings. The monoisotopic (exact) mass is 327 g/mol. The van der Waals surface area contributed by atoms with Crippen LogP contribution >= 0.6 is 17.0 Å². The van der Waals surface area contributed by atoms with Gasteiger partial charge in [0.25, 0.3) is 5.97 Å². The van der Waals surface area contributed by atoms with Gasteiger partial charge in [0.1, 0.15) is 0 Å². The van der Waals surface area contributed by atoms with Crippen LogP contribution < -0.4 is 0 Å². The zero-order valence-electron chi connectivity index (χ0n) is 5.74. The molecular formula is C4H8BrCoMnNO4. The Morgan fingerprint density at radius 1 is 1.33 bits per heavy atom. The summed E-state index contributed by atoms with van der Waals surface area (Å²) in [5.74, 6) is -2.16. The first-order valence-electron chi connectivity index (χ1n) is 1.92. The van der Waals surface area contributed by atoms with Gasteiger partial charge in [-0.2, -0.15) is 0 Å². The van der Waals surface area contributed by atoms with Gasteiger partial charge >= 0.3 is 17.1 Å². The fraction of sp³-hybridized carbons (Fsp3) is 0.250. The Morgan fingerprint density at radius 2 is 1.42 bits per heavy atom. The van der Waals surface area contributed by atoms with Crippen LogP contribution in [0.4, 0.5) is 0 Å².